The molecule has 3 nitrogen and oxygen atoms in total. The van der Waals surface area contributed by atoms with Crippen molar-refractivity contribution in [3.05, 3.63) is 42.0 Å². The maximum absolute atomic E-state index is 12.4. The van der Waals surface area contributed by atoms with Crippen molar-refractivity contribution in [2.45, 2.75) is 38.8 Å². The van der Waals surface area contributed by atoms with Gasteiger partial charge in [0.25, 0.3) is 0 Å². The van der Waals surface area contributed by atoms with Crippen molar-refractivity contribution >= 4 is 12.0 Å². The smallest absolute Gasteiger partial charge is 0.246 e. The van der Waals surface area contributed by atoms with Gasteiger partial charge in [-0.3, -0.25) is 4.79 Å². The summed E-state index contributed by atoms with van der Waals surface area (Å²) >= 11 is 0. The highest BCUT2D eigenvalue weighted by Crippen LogP contribution is 2.11. The lowest BCUT2D eigenvalue weighted by Crippen LogP contribution is -2.44. The Kier molecular flexibility index (Phi) is 5.36. The summed E-state index contributed by atoms with van der Waals surface area (Å²) in [6.07, 6.45) is 5.95. The van der Waals surface area contributed by atoms with Gasteiger partial charge in [0, 0.05) is 24.7 Å². The summed E-state index contributed by atoms with van der Waals surface area (Å²) in [5.74, 6) is 0.0950. The predicted octanol–water partition coefficient (Wildman–Crippen LogP) is 2.69. The molecular formula is C17H24N2O. The van der Waals surface area contributed by atoms with Gasteiger partial charge in [-0.15, -0.1) is 0 Å². The summed E-state index contributed by atoms with van der Waals surface area (Å²) in [6, 6.07) is 10.6. The van der Waals surface area contributed by atoms with Crippen LogP contribution in [0.4, 0.5) is 0 Å². The highest BCUT2D eigenvalue weighted by atomic mass is 16.2. The Balaban J connectivity index is 1.97. The van der Waals surface area contributed by atoms with E-state index >= 15 is 0 Å². The van der Waals surface area contributed by atoms with E-state index in [1.165, 1.54) is 12.8 Å². The first-order valence-electron chi connectivity index (χ1n) is 7.44. The lowest BCUT2D eigenvalue weighted by molar-refractivity contribution is -0.127. The summed E-state index contributed by atoms with van der Waals surface area (Å²) in [5.41, 5.74) is 1.06. The fourth-order valence-electron chi connectivity index (χ4n) is 2.53. The Morgan fingerprint density at radius 1 is 1.40 bits per heavy atom. The molecule has 1 aliphatic rings. The van der Waals surface area contributed by atoms with E-state index in [9.17, 15) is 4.79 Å². The summed E-state index contributed by atoms with van der Waals surface area (Å²) < 4.78 is 0. The molecule has 1 aliphatic heterocycles. The van der Waals surface area contributed by atoms with Gasteiger partial charge in [0.05, 0.1) is 0 Å². The van der Waals surface area contributed by atoms with E-state index in [1.807, 2.05) is 41.3 Å². The van der Waals surface area contributed by atoms with Crippen molar-refractivity contribution in [1.82, 2.24) is 10.2 Å². The highest BCUT2D eigenvalue weighted by Gasteiger charge is 2.21. The first-order chi connectivity index (χ1) is 9.66. The number of nitrogens with one attached hydrogen (secondary N) is 1. The first-order valence-corrected chi connectivity index (χ1v) is 7.44. The second kappa shape index (κ2) is 7.25. The van der Waals surface area contributed by atoms with Gasteiger partial charge in [-0.25, -0.2) is 0 Å². The Hall–Kier alpha value is -1.61. The third-order valence-electron chi connectivity index (χ3n) is 3.70. The molecule has 0 bridgehead atoms. The van der Waals surface area contributed by atoms with Crippen molar-refractivity contribution < 1.29 is 4.79 Å². The van der Waals surface area contributed by atoms with Crippen molar-refractivity contribution in [3.8, 4) is 0 Å². The topological polar surface area (TPSA) is 32.3 Å². The average Bonchev–Trinajstić information content (AvgIpc) is 2.96. The van der Waals surface area contributed by atoms with Crippen molar-refractivity contribution in [3.63, 3.8) is 0 Å². The quantitative estimate of drug-likeness (QED) is 0.836. The minimum Gasteiger partial charge on any atom is -0.335 e. The van der Waals surface area contributed by atoms with Gasteiger partial charge in [-0.2, -0.15) is 0 Å². The van der Waals surface area contributed by atoms with Crippen LogP contribution in [-0.4, -0.2) is 36.0 Å². The lowest BCUT2D eigenvalue weighted by Gasteiger charge is -2.28. The van der Waals surface area contributed by atoms with Crippen LogP contribution in [0.2, 0.25) is 0 Å². The van der Waals surface area contributed by atoms with Crippen LogP contribution in [0, 0.1) is 0 Å². The summed E-state index contributed by atoms with van der Waals surface area (Å²) in [4.78, 5) is 14.3. The number of hydrogen-bond acceptors (Lipinski definition) is 2. The fourth-order valence-corrected chi connectivity index (χ4v) is 2.53. The molecular weight excluding hydrogens is 248 g/mol. The van der Waals surface area contributed by atoms with Gasteiger partial charge >= 0.3 is 0 Å². The molecule has 1 fully saturated rings. The van der Waals surface area contributed by atoms with Crippen LogP contribution in [-0.2, 0) is 4.79 Å². The molecule has 0 spiro atoms. The van der Waals surface area contributed by atoms with Crippen LogP contribution in [0.5, 0.6) is 0 Å². The Morgan fingerprint density at radius 3 is 2.75 bits per heavy atom. The largest absolute Gasteiger partial charge is 0.335 e. The molecule has 0 aromatic heterocycles. The number of carbonyl (C=O) groups excluding carboxylic acids is 1. The van der Waals surface area contributed by atoms with Gasteiger partial charge in [0.2, 0.25) is 5.91 Å². The Morgan fingerprint density at radius 2 is 2.15 bits per heavy atom. The van der Waals surface area contributed by atoms with Crippen molar-refractivity contribution in [1.29, 1.82) is 0 Å². The van der Waals surface area contributed by atoms with Crippen molar-refractivity contribution in [2.24, 2.45) is 0 Å². The molecule has 1 aromatic rings. The monoisotopic (exact) mass is 272 g/mol. The van der Waals surface area contributed by atoms with Crippen LogP contribution in [0.25, 0.3) is 6.08 Å². The minimum atomic E-state index is 0.0950. The highest BCUT2D eigenvalue weighted by molar-refractivity contribution is 5.92. The molecule has 1 atom stereocenters. The number of rotatable bonds is 5. The molecule has 1 heterocycles. The van der Waals surface area contributed by atoms with Gasteiger partial charge in [0.1, 0.15) is 0 Å². The van der Waals surface area contributed by atoms with E-state index in [2.05, 4.69) is 19.2 Å². The molecule has 2 rings (SSSR count). The van der Waals surface area contributed by atoms with Crippen LogP contribution in [0.3, 0.4) is 0 Å². The van der Waals surface area contributed by atoms with Crippen LogP contribution < -0.4 is 5.32 Å². The molecule has 1 aromatic carbocycles. The Bertz CT molecular complexity index is 447. The third kappa shape index (κ3) is 4.20. The molecule has 108 valence electrons. The molecule has 1 amide bonds. The van der Waals surface area contributed by atoms with E-state index in [0.717, 1.165) is 18.7 Å². The third-order valence-corrected chi connectivity index (χ3v) is 3.70. The normalized spacial score (nSPS) is 18.9. The standard InChI is InChI=1S/C17H24N2O/c1-14(2)19(13-16-9-6-12-18-16)17(20)11-10-15-7-4-3-5-8-15/h3-5,7-8,10-11,14,16,18H,6,9,12-13H2,1-2H3/b11-10+. The van der Waals surface area contributed by atoms with Gasteiger partial charge < -0.3 is 10.2 Å². The molecule has 20 heavy (non-hydrogen) atoms. The second-order valence-corrected chi connectivity index (χ2v) is 5.62. The summed E-state index contributed by atoms with van der Waals surface area (Å²) in [5, 5.41) is 3.45. The molecule has 1 unspecified atom stereocenters. The van der Waals surface area contributed by atoms with Crippen molar-refractivity contribution in [2.75, 3.05) is 13.1 Å². The van der Waals surface area contributed by atoms with Crippen LogP contribution >= 0.6 is 0 Å². The second-order valence-electron chi connectivity index (χ2n) is 5.62. The molecule has 0 saturated carbocycles. The van der Waals surface area contributed by atoms with E-state index < -0.39 is 0 Å². The zero-order valence-corrected chi connectivity index (χ0v) is 12.4. The molecule has 1 saturated heterocycles. The summed E-state index contributed by atoms with van der Waals surface area (Å²) in [6.45, 7) is 6.02. The molecule has 0 radical (unpaired) electrons. The van der Waals surface area contributed by atoms with E-state index in [4.69, 9.17) is 0 Å². The lowest BCUT2D eigenvalue weighted by atomic mass is 10.1. The molecule has 0 aliphatic carbocycles. The number of carbonyl (C=O) groups is 1. The number of amides is 1. The van der Waals surface area contributed by atoms with Gasteiger partial charge in [0.15, 0.2) is 0 Å². The van der Waals surface area contributed by atoms with E-state index in [0.29, 0.717) is 6.04 Å². The SMILES string of the molecule is CC(C)N(CC1CCCN1)C(=O)/C=C/c1ccccc1. The predicted molar refractivity (Wildman–Crippen MR) is 83.3 cm³/mol. The van der Waals surface area contributed by atoms with Crippen LogP contribution in [0.15, 0.2) is 36.4 Å². The number of nitrogens with zero attached hydrogens (tertiary/aromatic N) is 1. The number of benzene rings is 1. The fraction of sp³-hybridized carbons (Fsp3) is 0.471. The summed E-state index contributed by atoms with van der Waals surface area (Å²) in [7, 11) is 0. The maximum Gasteiger partial charge on any atom is 0.246 e. The minimum absolute atomic E-state index is 0.0950. The van der Waals surface area contributed by atoms with E-state index in [1.54, 1.807) is 6.08 Å². The maximum atomic E-state index is 12.4. The van der Waals surface area contributed by atoms with Gasteiger partial charge in [-0.1, -0.05) is 30.3 Å². The average molecular weight is 272 g/mol. The van der Waals surface area contributed by atoms with E-state index in [-0.39, 0.29) is 11.9 Å². The van der Waals surface area contributed by atoms with Crippen LogP contribution in [0.1, 0.15) is 32.3 Å². The Labute approximate surface area is 121 Å². The zero-order valence-electron chi connectivity index (χ0n) is 12.4. The molecule has 1 N–H and O–H groups in total. The zero-order chi connectivity index (χ0) is 14.4. The first kappa shape index (κ1) is 14.8. The van der Waals surface area contributed by atoms with Gasteiger partial charge in [-0.05, 0) is 44.9 Å². The molecule has 3 heteroatoms. The number of hydrogen-bond donors (Lipinski definition) is 1.